The predicted octanol–water partition coefficient (Wildman–Crippen LogP) is 14.0. The fourth-order valence-electron chi connectivity index (χ4n) is 7.98. The molecule has 0 aliphatic rings. The molecule has 49 heavy (non-hydrogen) atoms. The molecule has 0 saturated heterocycles. The lowest BCUT2D eigenvalue weighted by Gasteiger charge is -2.18. The van der Waals surface area contributed by atoms with Gasteiger partial charge < -0.3 is 8.83 Å². The lowest BCUT2D eigenvalue weighted by molar-refractivity contribution is 0.619. The van der Waals surface area contributed by atoms with Gasteiger partial charge in [-0.1, -0.05) is 109 Å². The van der Waals surface area contributed by atoms with Gasteiger partial charge in [0, 0.05) is 36.5 Å². The molecule has 0 N–H and O–H groups in total. The zero-order valence-corrected chi connectivity index (χ0v) is 27.1. The van der Waals surface area contributed by atoms with Crippen LogP contribution in [0.3, 0.4) is 0 Å². The summed E-state index contributed by atoms with van der Waals surface area (Å²) in [4.78, 5) is 0. The summed E-state index contributed by atoms with van der Waals surface area (Å²) >= 11 is 1.86. The van der Waals surface area contributed by atoms with Crippen molar-refractivity contribution in [3.05, 3.63) is 158 Å². The molecule has 0 spiro atoms. The van der Waals surface area contributed by atoms with Crippen LogP contribution in [0.4, 0.5) is 0 Å². The third kappa shape index (κ3) is 3.88. The minimum absolute atomic E-state index is 0.829. The van der Waals surface area contributed by atoms with E-state index in [0.717, 1.165) is 49.6 Å². The molecule has 228 valence electrons. The molecule has 0 bridgehead atoms. The van der Waals surface area contributed by atoms with E-state index >= 15 is 0 Å². The minimum Gasteiger partial charge on any atom is -0.463 e. The van der Waals surface area contributed by atoms with Crippen LogP contribution in [-0.2, 0) is 0 Å². The molecule has 0 aliphatic heterocycles. The van der Waals surface area contributed by atoms with E-state index in [1.807, 2.05) is 23.7 Å². The van der Waals surface area contributed by atoms with E-state index in [2.05, 4.69) is 146 Å². The number of benzene rings is 8. The first-order valence-electron chi connectivity index (χ1n) is 16.6. The van der Waals surface area contributed by atoms with Crippen molar-refractivity contribution >= 4 is 86.0 Å². The second kappa shape index (κ2) is 10.2. The summed E-state index contributed by atoms with van der Waals surface area (Å²) in [5, 5.41) is 10.7. The summed E-state index contributed by atoms with van der Waals surface area (Å²) in [6.45, 7) is 0. The zero-order valence-electron chi connectivity index (χ0n) is 26.2. The third-order valence-electron chi connectivity index (χ3n) is 10.1. The van der Waals surface area contributed by atoms with Gasteiger partial charge in [0.15, 0.2) is 0 Å². The monoisotopic (exact) mass is 642 g/mol. The highest BCUT2D eigenvalue weighted by atomic mass is 32.1. The predicted molar refractivity (Wildman–Crippen MR) is 208 cm³/mol. The van der Waals surface area contributed by atoms with E-state index < -0.39 is 0 Å². The Balaban J connectivity index is 1.18. The van der Waals surface area contributed by atoms with E-state index in [4.69, 9.17) is 8.83 Å². The largest absolute Gasteiger partial charge is 0.463 e. The lowest BCUT2D eigenvalue weighted by Crippen LogP contribution is -1.90. The molecule has 0 amide bonds. The number of hydrogen-bond donors (Lipinski definition) is 0. The summed E-state index contributed by atoms with van der Waals surface area (Å²) in [5.74, 6) is 0. The number of fused-ring (bicyclic) bond motifs is 10. The van der Waals surface area contributed by atoms with Gasteiger partial charge >= 0.3 is 0 Å². The average molecular weight is 643 g/mol. The molecule has 3 heterocycles. The SMILES string of the molecule is c1ccc(-c2coc3c2ccc2oc4ccc(-c5c6ccccc6c(-c6ccc7sc8ccccc8c7c6)c6ccccc56)cc4c23)cc1. The fraction of sp³-hybridized carbons (Fsp3) is 0. The summed E-state index contributed by atoms with van der Waals surface area (Å²) in [6, 6.07) is 54.7. The topological polar surface area (TPSA) is 26.3 Å². The normalized spacial score (nSPS) is 12.1. The van der Waals surface area contributed by atoms with Gasteiger partial charge in [0.2, 0.25) is 0 Å². The number of hydrogen-bond acceptors (Lipinski definition) is 3. The van der Waals surface area contributed by atoms with Crippen LogP contribution in [0.15, 0.2) is 167 Å². The van der Waals surface area contributed by atoms with Crippen molar-refractivity contribution in [1.29, 1.82) is 0 Å². The van der Waals surface area contributed by atoms with Gasteiger partial charge in [-0.2, -0.15) is 0 Å². The molecule has 3 aromatic heterocycles. The second-order valence-electron chi connectivity index (χ2n) is 12.8. The van der Waals surface area contributed by atoms with Crippen LogP contribution in [0.5, 0.6) is 0 Å². The Hall–Kier alpha value is -6.16. The van der Waals surface area contributed by atoms with E-state index in [0.29, 0.717) is 0 Å². The number of rotatable bonds is 3. The van der Waals surface area contributed by atoms with Crippen LogP contribution in [0, 0.1) is 0 Å². The van der Waals surface area contributed by atoms with Crippen molar-refractivity contribution in [2.24, 2.45) is 0 Å². The molecule has 0 radical (unpaired) electrons. The van der Waals surface area contributed by atoms with Gasteiger partial charge in [-0.3, -0.25) is 0 Å². The van der Waals surface area contributed by atoms with Crippen LogP contribution in [0.1, 0.15) is 0 Å². The molecule has 0 fully saturated rings. The van der Waals surface area contributed by atoms with E-state index in [9.17, 15) is 0 Å². The number of furan rings is 2. The van der Waals surface area contributed by atoms with Gasteiger partial charge in [0.05, 0.1) is 11.6 Å². The first-order chi connectivity index (χ1) is 24.3. The van der Waals surface area contributed by atoms with Crippen LogP contribution < -0.4 is 0 Å². The fourth-order valence-corrected chi connectivity index (χ4v) is 9.07. The highest BCUT2D eigenvalue weighted by Crippen LogP contribution is 2.47. The second-order valence-corrected chi connectivity index (χ2v) is 13.9. The van der Waals surface area contributed by atoms with Gasteiger partial charge in [0.25, 0.3) is 0 Å². The molecule has 3 heteroatoms. The average Bonchev–Trinajstić information content (AvgIpc) is 3.87. The maximum Gasteiger partial charge on any atom is 0.146 e. The standard InChI is InChI=1S/C46H26O2S/c1-2-10-27(11-3-1)38-26-47-46-35(38)20-22-40-45(46)37-25-28(18-21-39(37)48-40)43-31-13-4-6-15-33(31)44(34-16-7-5-14-32(34)43)29-19-23-42-36(24-29)30-12-8-9-17-41(30)49-42/h1-26H. The maximum atomic E-state index is 6.42. The molecule has 2 nitrogen and oxygen atoms in total. The highest BCUT2D eigenvalue weighted by molar-refractivity contribution is 7.25. The summed E-state index contributed by atoms with van der Waals surface area (Å²) < 4.78 is 15.4. The highest BCUT2D eigenvalue weighted by Gasteiger charge is 2.20. The van der Waals surface area contributed by atoms with Gasteiger partial charge in [-0.05, 0) is 91.8 Å². The summed E-state index contributed by atoms with van der Waals surface area (Å²) in [5.41, 5.74) is 9.65. The Kier molecular flexibility index (Phi) is 5.57. The van der Waals surface area contributed by atoms with Crippen molar-refractivity contribution in [3.8, 4) is 33.4 Å². The molecule has 8 aromatic carbocycles. The van der Waals surface area contributed by atoms with Crippen molar-refractivity contribution < 1.29 is 8.83 Å². The van der Waals surface area contributed by atoms with E-state index in [1.54, 1.807) is 0 Å². The third-order valence-corrected chi connectivity index (χ3v) is 11.3. The first kappa shape index (κ1) is 26.9. The molecule has 11 aromatic rings. The van der Waals surface area contributed by atoms with Crippen LogP contribution in [-0.4, -0.2) is 0 Å². The Morgan fingerprint density at radius 2 is 0.959 bits per heavy atom. The smallest absolute Gasteiger partial charge is 0.146 e. The van der Waals surface area contributed by atoms with Gasteiger partial charge in [0.1, 0.15) is 16.7 Å². The summed E-state index contributed by atoms with van der Waals surface area (Å²) in [6.07, 6.45) is 1.87. The molecular weight excluding hydrogens is 617 g/mol. The Bertz CT molecular complexity index is 3050. The van der Waals surface area contributed by atoms with Crippen LogP contribution in [0.2, 0.25) is 0 Å². The molecule has 0 aliphatic carbocycles. The first-order valence-corrected chi connectivity index (χ1v) is 17.4. The summed E-state index contributed by atoms with van der Waals surface area (Å²) in [7, 11) is 0. The maximum absolute atomic E-state index is 6.42. The van der Waals surface area contributed by atoms with Crippen LogP contribution >= 0.6 is 11.3 Å². The number of thiophene rings is 1. The Labute approximate surface area is 285 Å². The lowest BCUT2D eigenvalue weighted by atomic mass is 9.85. The van der Waals surface area contributed by atoms with Gasteiger partial charge in [-0.25, -0.2) is 0 Å². The zero-order chi connectivity index (χ0) is 32.1. The molecular formula is C46H26O2S. The van der Waals surface area contributed by atoms with Crippen molar-refractivity contribution in [2.45, 2.75) is 0 Å². The van der Waals surface area contributed by atoms with E-state index in [1.165, 1.54) is 58.4 Å². The molecule has 0 atom stereocenters. The minimum atomic E-state index is 0.829. The molecule has 11 rings (SSSR count). The van der Waals surface area contributed by atoms with Crippen molar-refractivity contribution in [3.63, 3.8) is 0 Å². The Morgan fingerprint density at radius 1 is 0.388 bits per heavy atom. The molecule has 0 unspecified atom stereocenters. The van der Waals surface area contributed by atoms with Gasteiger partial charge in [-0.15, -0.1) is 11.3 Å². The Morgan fingerprint density at radius 3 is 1.67 bits per heavy atom. The molecule has 0 saturated carbocycles. The van der Waals surface area contributed by atoms with Crippen molar-refractivity contribution in [2.75, 3.05) is 0 Å². The van der Waals surface area contributed by atoms with Crippen molar-refractivity contribution in [1.82, 2.24) is 0 Å². The van der Waals surface area contributed by atoms with Crippen LogP contribution in [0.25, 0.3) is 108 Å². The van der Waals surface area contributed by atoms with E-state index in [-0.39, 0.29) is 0 Å². The quantitative estimate of drug-likeness (QED) is 0.179.